The molecule has 0 spiro atoms. The summed E-state index contributed by atoms with van der Waals surface area (Å²) < 4.78 is 4.83. The van der Waals surface area contributed by atoms with E-state index in [-0.39, 0.29) is 41.0 Å². The Hall–Kier alpha value is -0.650. The maximum absolute atomic E-state index is 11.7. The largest absolute Gasteiger partial charge is 0.469 e. The number of fused-ring (bicyclic) bond motifs is 5. The number of methoxy groups -OCH3 is 1. The summed E-state index contributed by atoms with van der Waals surface area (Å²) in [7, 11) is 1.44. The van der Waals surface area contributed by atoms with Crippen molar-refractivity contribution in [1.82, 2.24) is 0 Å². The van der Waals surface area contributed by atoms with Gasteiger partial charge in [-0.1, -0.05) is 20.8 Å². The molecular weight excluding hydrogens is 380 g/mol. The Morgan fingerprint density at radius 2 is 1.80 bits per heavy atom. The second-order valence-corrected chi connectivity index (χ2v) is 11.6. The lowest BCUT2D eigenvalue weighted by Crippen LogP contribution is -2.62. The van der Waals surface area contributed by atoms with Crippen molar-refractivity contribution in [2.24, 2.45) is 46.3 Å². The van der Waals surface area contributed by atoms with Crippen LogP contribution in [-0.2, 0) is 9.53 Å². The molecule has 30 heavy (non-hydrogen) atoms. The summed E-state index contributed by atoms with van der Waals surface area (Å²) in [5, 5.41) is 33.1. The molecule has 0 amide bonds. The standard InChI is InChI=1S/C25H42O5/c1-14(5-8-22(29)30-4)17-6-7-18-23-19(13-21(28)25(17,18)3)24(2)10-9-16(26)11-15(24)12-20(23)27/h14-21,23,26-28H,5-13H2,1-4H3/t14?,15-,16?,17?,18?,19?,20?,21?,23?,24+,25+/m0/s1. The normalized spacial score (nSPS) is 51.4. The van der Waals surface area contributed by atoms with Crippen LogP contribution in [0.15, 0.2) is 0 Å². The van der Waals surface area contributed by atoms with Crippen LogP contribution in [0.1, 0.15) is 78.6 Å². The summed E-state index contributed by atoms with van der Waals surface area (Å²) in [5.41, 5.74) is -0.0882. The van der Waals surface area contributed by atoms with Gasteiger partial charge in [-0.15, -0.1) is 0 Å². The fourth-order valence-electron chi connectivity index (χ4n) is 8.78. The summed E-state index contributed by atoms with van der Waals surface area (Å²) in [6.45, 7) is 6.85. The molecule has 172 valence electrons. The van der Waals surface area contributed by atoms with E-state index in [1.54, 1.807) is 0 Å². The highest BCUT2D eigenvalue weighted by molar-refractivity contribution is 5.69. The average Bonchev–Trinajstić information content (AvgIpc) is 3.06. The highest BCUT2D eigenvalue weighted by Gasteiger charge is 2.65. The third-order valence-corrected chi connectivity index (χ3v) is 10.6. The van der Waals surface area contributed by atoms with Gasteiger partial charge in [0.1, 0.15) is 0 Å². The monoisotopic (exact) mass is 422 g/mol. The van der Waals surface area contributed by atoms with Crippen molar-refractivity contribution in [2.45, 2.75) is 96.9 Å². The van der Waals surface area contributed by atoms with Crippen LogP contribution in [0, 0.1) is 46.3 Å². The molecule has 4 aliphatic carbocycles. The van der Waals surface area contributed by atoms with Gasteiger partial charge < -0.3 is 20.1 Å². The molecule has 0 bridgehead atoms. The predicted molar refractivity (Wildman–Crippen MR) is 114 cm³/mol. The molecule has 0 aliphatic heterocycles. The minimum Gasteiger partial charge on any atom is -0.469 e. The zero-order valence-electron chi connectivity index (χ0n) is 19.2. The van der Waals surface area contributed by atoms with Crippen molar-refractivity contribution in [1.29, 1.82) is 0 Å². The second-order valence-electron chi connectivity index (χ2n) is 11.6. The van der Waals surface area contributed by atoms with Crippen molar-refractivity contribution in [3.63, 3.8) is 0 Å². The molecule has 8 unspecified atom stereocenters. The van der Waals surface area contributed by atoms with Gasteiger partial charge in [0, 0.05) is 6.42 Å². The van der Waals surface area contributed by atoms with Crippen LogP contribution in [0.4, 0.5) is 0 Å². The van der Waals surface area contributed by atoms with Crippen molar-refractivity contribution in [3.05, 3.63) is 0 Å². The predicted octanol–water partition coefficient (Wildman–Crippen LogP) is 3.54. The second kappa shape index (κ2) is 8.04. The van der Waals surface area contributed by atoms with Gasteiger partial charge >= 0.3 is 5.97 Å². The molecular formula is C25H42O5. The maximum atomic E-state index is 11.7. The zero-order valence-corrected chi connectivity index (χ0v) is 19.2. The van der Waals surface area contributed by atoms with E-state index >= 15 is 0 Å². The van der Waals surface area contributed by atoms with Gasteiger partial charge in [0.05, 0.1) is 25.4 Å². The Balaban J connectivity index is 1.58. The lowest BCUT2D eigenvalue weighted by molar-refractivity contribution is -0.207. The van der Waals surface area contributed by atoms with Crippen LogP contribution in [0.2, 0.25) is 0 Å². The average molecular weight is 423 g/mol. The first-order chi connectivity index (χ1) is 14.1. The number of carbonyl (C=O) groups is 1. The fraction of sp³-hybridized carbons (Fsp3) is 0.960. The Kier molecular flexibility index (Phi) is 6.04. The third kappa shape index (κ3) is 3.34. The minimum absolute atomic E-state index is 0.111. The molecule has 0 aromatic rings. The zero-order chi connectivity index (χ0) is 21.8. The van der Waals surface area contributed by atoms with Crippen LogP contribution < -0.4 is 0 Å². The van der Waals surface area contributed by atoms with Crippen LogP contribution >= 0.6 is 0 Å². The van der Waals surface area contributed by atoms with Gasteiger partial charge in [-0.05, 0) is 97.7 Å². The van der Waals surface area contributed by atoms with E-state index in [1.807, 2.05) is 0 Å². The van der Waals surface area contributed by atoms with E-state index in [0.717, 1.165) is 51.4 Å². The summed E-state index contributed by atoms with van der Waals surface area (Å²) >= 11 is 0. The van der Waals surface area contributed by atoms with Crippen molar-refractivity contribution >= 4 is 5.97 Å². The molecule has 0 saturated heterocycles. The highest BCUT2D eigenvalue weighted by Crippen LogP contribution is 2.68. The summed E-state index contributed by atoms with van der Waals surface area (Å²) in [4.78, 5) is 11.7. The number of carbonyl (C=O) groups excluding carboxylic acids is 1. The number of hydrogen-bond acceptors (Lipinski definition) is 5. The first kappa shape index (κ1) is 22.5. The van der Waals surface area contributed by atoms with Gasteiger partial charge in [-0.2, -0.15) is 0 Å². The summed E-state index contributed by atoms with van der Waals surface area (Å²) in [6, 6.07) is 0. The van der Waals surface area contributed by atoms with E-state index in [0.29, 0.717) is 36.0 Å². The minimum atomic E-state index is -0.369. The summed E-state index contributed by atoms with van der Waals surface area (Å²) in [6.07, 6.45) is 6.60. The topological polar surface area (TPSA) is 87.0 Å². The lowest BCUT2D eigenvalue weighted by atomic mass is 9.43. The van der Waals surface area contributed by atoms with Crippen molar-refractivity contribution in [3.8, 4) is 0 Å². The number of ether oxygens (including phenoxy) is 1. The smallest absolute Gasteiger partial charge is 0.305 e. The maximum Gasteiger partial charge on any atom is 0.305 e. The molecule has 4 aliphatic rings. The van der Waals surface area contributed by atoms with Gasteiger partial charge in [0.25, 0.3) is 0 Å². The molecule has 11 atom stereocenters. The molecule has 4 rings (SSSR count). The van der Waals surface area contributed by atoms with E-state index in [1.165, 1.54) is 7.11 Å². The van der Waals surface area contributed by atoms with Crippen molar-refractivity contribution in [2.75, 3.05) is 7.11 Å². The first-order valence-electron chi connectivity index (χ1n) is 12.2. The highest BCUT2D eigenvalue weighted by atomic mass is 16.5. The number of hydrogen-bond donors (Lipinski definition) is 3. The molecule has 0 aromatic carbocycles. The lowest BCUT2D eigenvalue weighted by Gasteiger charge is -2.63. The third-order valence-electron chi connectivity index (χ3n) is 10.6. The van der Waals surface area contributed by atoms with Gasteiger partial charge in [-0.25, -0.2) is 0 Å². The van der Waals surface area contributed by atoms with Gasteiger partial charge in [0.2, 0.25) is 0 Å². The van der Waals surface area contributed by atoms with Gasteiger partial charge in [-0.3, -0.25) is 4.79 Å². The van der Waals surface area contributed by atoms with E-state index in [4.69, 9.17) is 4.74 Å². The number of esters is 1. The molecule has 0 aromatic heterocycles. The SMILES string of the molecule is COC(=O)CCC(C)C1CCC2C3C(O)C[C@@H]4CC(O)CC[C@@]4(C)C3CC(O)[C@]12C. The van der Waals surface area contributed by atoms with Crippen LogP contribution in [0.3, 0.4) is 0 Å². The molecule has 4 saturated carbocycles. The van der Waals surface area contributed by atoms with Crippen LogP contribution in [0.5, 0.6) is 0 Å². The molecule has 0 heterocycles. The number of rotatable bonds is 4. The molecule has 5 heteroatoms. The Labute approximate surface area is 181 Å². The quantitative estimate of drug-likeness (QED) is 0.603. The molecule has 5 nitrogen and oxygen atoms in total. The first-order valence-corrected chi connectivity index (χ1v) is 12.2. The molecule has 0 radical (unpaired) electrons. The van der Waals surface area contributed by atoms with E-state index in [2.05, 4.69) is 20.8 Å². The van der Waals surface area contributed by atoms with Crippen LogP contribution in [0.25, 0.3) is 0 Å². The molecule has 4 fully saturated rings. The Morgan fingerprint density at radius 3 is 2.50 bits per heavy atom. The Bertz CT molecular complexity index is 651. The van der Waals surface area contributed by atoms with E-state index in [9.17, 15) is 20.1 Å². The Morgan fingerprint density at radius 1 is 1.07 bits per heavy atom. The van der Waals surface area contributed by atoms with E-state index < -0.39 is 0 Å². The molecule has 3 N–H and O–H groups in total. The van der Waals surface area contributed by atoms with Gasteiger partial charge in [0.15, 0.2) is 0 Å². The fourth-order valence-corrected chi connectivity index (χ4v) is 8.78. The number of aliphatic hydroxyl groups excluding tert-OH is 3. The number of aliphatic hydroxyl groups is 3. The summed E-state index contributed by atoms with van der Waals surface area (Å²) in [5.74, 6) is 1.81. The van der Waals surface area contributed by atoms with Crippen LogP contribution in [-0.4, -0.2) is 46.7 Å². The van der Waals surface area contributed by atoms with Crippen molar-refractivity contribution < 1.29 is 24.9 Å².